The average Bonchev–Trinajstić information content (AvgIpc) is 2.80. The van der Waals surface area contributed by atoms with Crippen LogP contribution in [0, 0.1) is 0 Å². The topological polar surface area (TPSA) is 95.2 Å². The first-order chi connectivity index (χ1) is 15.7. The number of methoxy groups -OCH3 is 1. The Hall–Kier alpha value is -3.89. The van der Waals surface area contributed by atoms with Crippen LogP contribution in [0.3, 0.4) is 0 Å². The molecule has 0 radical (unpaired) electrons. The van der Waals surface area contributed by atoms with Crippen molar-refractivity contribution in [3.05, 3.63) is 86.2 Å². The number of ether oxygens (including phenoxy) is 1. The predicted molar refractivity (Wildman–Crippen MR) is 114 cm³/mol. The molecule has 3 aromatic rings. The summed E-state index contributed by atoms with van der Waals surface area (Å²) in [6, 6.07) is 10.3. The van der Waals surface area contributed by atoms with Gasteiger partial charge < -0.3 is 10.1 Å². The van der Waals surface area contributed by atoms with Gasteiger partial charge in [0.15, 0.2) is 0 Å². The lowest BCUT2D eigenvalue weighted by Crippen LogP contribution is -2.46. The van der Waals surface area contributed by atoms with Gasteiger partial charge in [-0.2, -0.15) is 23.0 Å². The minimum Gasteiger partial charge on any atom is -0.497 e. The van der Waals surface area contributed by atoms with E-state index in [0.29, 0.717) is 18.7 Å². The Bertz CT molecular complexity index is 1250. The largest absolute Gasteiger partial charge is 0.497 e. The van der Waals surface area contributed by atoms with E-state index >= 15 is 0 Å². The fraction of sp³-hybridized carbons (Fsp3) is 0.273. The van der Waals surface area contributed by atoms with Gasteiger partial charge in [0, 0.05) is 6.54 Å². The number of carbonyl (C=O) groups is 1. The van der Waals surface area contributed by atoms with Crippen LogP contribution in [0.5, 0.6) is 5.75 Å². The zero-order valence-corrected chi connectivity index (χ0v) is 17.8. The SMILES string of the molecule is CCCNC(=O)c1nn(-c2ccc(OC)cc2)c(=O)n(Cc2ccc(C(F)(F)F)cc2)c1=O. The van der Waals surface area contributed by atoms with Crippen molar-refractivity contribution in [2.24, 2.45) is 0 Å². The molecule has 0 unspecified atom stereocenters. The third-order valence-electron chi connectivity index (χ3n) is 4.75. The first kappa shape index (κ1) is 23.8. The van der Waals surface area contributed by atoms with Gasteiger partial charge in [-0.05, 0) is 48.4 Å². The monoisotopic (exact) mass is 462 g/mol. The highest BCUT2D eigenvalue weighted by Gasteiger charge is 2.30. The quantitative estimate of drug-likeness (QED) is 0.583. The number of nitrogens with zero attached hydrogens (tertiary/aromatic N) is 3. The minimum absolute atomic E-state index is 0.270. The zero-order chi connectivity index (χ0) is 24.2. The molecule has 0 fully saturated rings. The van der Waals surface area contributed by atoms with Crippen LogP contribution in [-0.4, -0.2) is 33.9 Å². The van der Waals surface area contributed by atoms with E-state index in [9.17, 15) is 27.6 Å². The van der Waals surface area contributed by atoms with Crippen molar-refractivity contribution in [1.82, 2.24) is 19.7 Å². The number of aromatic nitrogens is 3. The summed E-state index contributed by atoms with van der Waals surface area (Å²) in [6.45, 7) is 1.78. The van der Waals surface area contributed by atoms with Gasteiger partial charge >= 0.3 is 11.9 Å². The summed E-state index contributed by atoms with van der Waals surface area (Å²) >= 11 is 0. The number of halogens is 3. The van der Waals surface area contributed by atoms with Crippen LogP contribution in [-0.2, 0) is 12.7 Å². The van der Waals surface area contributed by atoms with Gasteiger partial charge in [-0.25, -0.2) is 4.79 Å². The Labute approximate surface area is 186 Å². The lowest BCUT2D eigenvalue weighted by molar-refractivity contribution is -0.137. The average molecular weight is 462 g/mol. The molecule has 3 rings (SSSR count). The van der Waals surface area contributed by atoms with Gasteiger partial charge in [0.2, 0.25) is 5.69 Å². The maximum absolute atomic E-state index is 13.1. The van der Waals surface area contributed by atoms with E-state index < -0.39 is 34.6 Å². The summed E-state index contributed by atoms with van der Waals surface area (Å²) < 4.78 is 45.3. The van der Waals surface area contributed by atoms with Gasteiger partial charge in [0.1, 0.15) is 5.75 Å². The second-order valence-electron chi connectivity index (χ2n) is 7.08. The highest BCUT2D eigenvalue weighted by molar-refractivity contribution is 5.91. The van der Waals surface area contributed by atoms with Crippen LogP contribution < -0.4 is 21.3 Å². The summed E-state index contributed by atoms with van der Waals surface area (Å²) in [7, 11) is 1.47. The molecule has 2 aromatic carbocycles. The van der Waals surface area contributed by atoms with Crippen molar-refractivity contribution >= 4 is 5.91 Å². The number of alkyl halides is 3. The fourth-order valence-corrected chi connectivity index (χ4v) is 2.99. The number of hydrogen-bond acceptors (Lipinski definition) is 5. The van der Waals surface area contributed by atoms with E-state index in [4.69, 9.17) is 4.74 Å². The van der Waals surface area contributed by atoms with Crippen LogP contribution in [0.25, 0.3) is 5.69 Å². The Kier molecular flexibility index (Phi) is 7.00. The van der Waals surface area contributed by atoms with Gasteiger partial charge in [0.05, 0.1) is 24.9 Å². The Morgan fingerprint density at radius 3 is 2.24 bits per heavy atom. The minimum atomic E-state index is -4.52. The molecule has 1 aromatic heterocycles. The maximum Gasteiger partial charge on any atom is 0.416 e. The molecule has 1 amide bonds. The molecule has 1 heterocycles. The predicted octanol–water partition coefficient (Wildman–Crippen LogP) is 2.61. The van der Waals surface area contributed by atoms with Crippen LogP contribution in [0.2, 0.25) is 0 Å². The molecule has 8 nitrogen and oxygen atoms in total. The van der Waals surface area contributed by atoms with Crippen molar-refractivity contribution in [3.8, 4) is 11.4 Å². The molecule has 0 bridgehead atoms. The Morgan fingerprint density at radius 2 is 1.70 bits per heavy atom. The molecule has 0 spiro atoms. The molecule has 174 valence electrons. The van der Waals surface area contributed by atoms with Gasteiger partial charge in [-0.3, -0.25) is 14.2 Å². The number of rotatable bonds is 7. The molecule has 0 saturated heterocycles. The fourth-order valence-electron chi connectivity index (χ4n) is 2.99. The van der Waals surface area contributed by atoms with Gasteiger partial charge in [-0.15, -0.1) is 0 Å². The summed E-state index contributed by atoms with van der Waals surface area (Å²) in [5, 5.41) is 6.51. The highest BCUT2D eigenvalue weighted by atomic mass is 19.4. The van der Waals surface area contributed by atoms with Crippen molar-refractivity contribution < 1.29 is 22.7 Å². The van der Waals surface area contributed by atoms with E-state index in [1.165, 1.54) is 31.4 Å². The number of nitrogens with one attached hydrogen (secondary N) is 1. The standard InChI is InChI=1S/C22H21F3N4O4/c1-3-12-26-19(30)18-20(31)28(13-14-4-6-15(7-5-14)22(23,24)25)21(32)29(27-18)16-8-10-17(33-2)11-9-16/h4-11H,3,12-13H2,1-2H3,(H,26,30). The first-order valence-electron chi connectivity index (χ1n) is 9.98. The van der Waals surface area contributed by atoms with Gasteiger partial charge in [0.25, 0.3) is 11.5 Å². The van der Waals surface area contributed by atoms with Crippen molar-refractivity contribution in [1.29, 1.82) is 0 Å². The number of hydrogen-bond donors (Lipinski definition) is 1. The summed E-state index contributed by atoms with van der Waals surface area (Å²) in [5.74, 6) is -0.240. The van der Waals surface area contributed by atoms with Crippen LogP contribution in [0.4, 0.5) is 13.2 Å². The normalized spacial score (nSPS) is 11.3. The first-order valence-corrected chi connectivity index (χ1v) is 9.98. The second kappa shape index (κ2) is 9.72. The van der Waals surface area contributed by atoms with Crippen LogP contribution in [0.15, 0.2) is 58.1 Å². The highest BCUT2D eigenvalue weighted by Crippen LogP contribution is 2.29. The Balaban J connectivity index is 2.11. The smallest absolute Gasteiger partial charge is 0.416 e. The van der Waals surface area contributed by atoms with E-state index in [-0.39, 0.29) is 17.8 Å². The lowest BCUT2D eigenvalue weighted by atomic mass is 10.1. The Morgan fingerprint density at radius 1 is 1.06 bits per heavy atom. The van der Waals surface area contributed by atoms with E-state index in [2.05, 4.69) is 10.4 Å². The molecule has 0 aliphatic carbocycles. The third-order valence-corrected chi connectivity index (χ3v) is 4.75. The zero-order valence-electron chi connectivity index (χ0n) is 17.8. The van der Waals surface area contributed by atoms with Crippen molar-refractivity contribution in [2.75, 3.05) is 13.7 Å². The summed E-state index contributed by atoms with van der Waals surface area (Å²) in [6.07, 6.45) is -3.90. The number of benzene rings is 2. The number of carbonyl (C=O) groups excluding carboxylic acids is 1. The molecule has 0 saturated carbocycles. The van der Waals surface area contributed by atoms with Crippen LogP contribution in [0.1, 0.15) is 35.0 Å². The molecule has 0 aliphatic rings. The molecule has 11 heteroatoms. The van der Waals surface area contributed by atoms with E-state index in [1.807, 2.05) is 6.92 Å². The van der Waals surface area contributed by atoms with Crippen molar-refractivity contribution in [3.63, 3.8) is 0 Å². The second-order valence-corrected chi connectivity index (χ2v) is 7.08. The van der Waals surface area contributed by atoms with Crippen molar-refractivity contribution in [2.45, 2.75) is 26.1 Å². The van der Waals surface area contributed by atoms with E-state index in [1.54, 1.807) is 12.1 Å². The number of amides is 1. The summed E-state index contributed by atoms with van der Waals surface area (Å²) in [4.78, 5) is 38.6. The van der Waals surface area contributed by atoms with Gasteiger partial charge in [-0.1, -0.05) is 19.1 Å². The molecular formula is C22H21F3N4O4. The third kappa shape index (κ3) is 5.30. The summed E-state index contributed by atoms with van der Waals surface area (Å²) in [5.41, 5.74) is -2.62. The molecular weight excluding hydrogens is 441 g/mol. The molecule has 0 aliphatic heterocycles. The maximum atomic E-state index is 13.1. The lowest BCUT2D eigenvalue weighted by Gasteiger charge is -2.13. The van der Waals surface area contributed by atoms with Crippen LogP contribution >= 0.6 is 0 Å². The molecule has 33 heavy (non-hydrogen) atoms. The molecule has 0 atom stereocenters. The van der Waals surface area contributed by atoms with E-state index in [0.717, 1.165) is 21.4 Å². The molecule has 1 N–H and O–H groups in total.